The first-order chi connectivity index (χ1) is 10.6. The molecule has 2 aliphatic rings. The summed E-state index contributed by atoms with van der Waals surface area (Å²) in [4.78, 5) is 10.5. The van der Waals surface area contributed by atoms with Crippen molar-refractivity contribution >= 4 is 29.1 Å². The Bertz CT molecular complexity index is 604. The van der Waals surface area contributed by atoms with Crippen molar-refractivity contribution in [2.24, 2.45) is 0 Å². The van der Waals surface area contributed by atoms with Crippen molar-refractivity contribution in [1.82, 2.24) is 5.32 Å². The Morgan fingerprint density at radius 1 is 1.45 bits per heavy atom. The van der Waals surface area contributed by atoms with E-state index in [-0.39, 0.29) is 11.6 Å². The fourth-order valence-corrected chi connectivity index (χ4v) is 5.25. The predicted molar refractivity (Wildman–Crippen MR) is 83.9 cm³/mol. The first-order valence-corrected chi connectivity index (χ1v) is 8.62. The predicted octanol–water partition coefficient (Wildman–Crippen LogP) is 2.08. The van der Waals surface area contributed by atoms with Crippen molar-refractivity contribution < 1.29 is 13.7 Å². The number of amides is 1. The summed E-state index contributed by atoms with van der Waals surface area (Å²) in [7, 11) is 0. The lowest BCUT2D eigenvalue weighted by Crippen LogP contribution is -2.58. The normalized spacial score (nSPS) is 26.7. The van der Waals surface area contributed by atoms with Crippen LogP contribution in [0.5, 0.6) is 0 Å². The number of hydrogen-bond acceptors (Lipinski definition) is 3. The van der Waals surface area contributed by atoms with E-state index in [1.807, 2.05) is 0 Å². The number of halogens is 1. The maximum atomic E-state index is 14.1. The highest BCUT2D eigenvalue weighted by Gasteiger charge is 2.53. The largest absolute Gasteiger partial charge is 0.616 e. The lowest BCUT2D eigenvalue weighted by molar-refractivity contribution is -0.105. The molecule has 0 bridgehead atoms. The Hall–Kier alpha value is -1.60. The number of benzene rings is 1. The molecule has 2 atom stereocenters. The minimum atomic E-state index is -1.20. The second-order valence-corrected chi connectivity index (χ2v) is 7.59. The molecule has 1 spiro atoms. The molecule has 1 amide bonds. The van der Waals surface area contributed by atoms with Crippen molar-refractivity contribution in [2.75, 3.05) is 11.1 Å². The number of amidine groups is 1. The molecule has 22 heavy (non-hydrogen) atoms. The topological polar surface area (TPSA) is 88.0 Å². The van der Waals surface area contributed by atoms with Crippen LogP contribution < -0.4 is 10.6 Å². The van der Waals surface area contributed by atoms with E-state index in [1.54, 1.807) is 0 Å². The lowest BCUT2D eigenvalue weighted by atomic mass is 10.0. The van der Waals surface area contributed by atoms with Crippen molar-refractivity contribution in [3.05, 3.63) is 29.6 Å². The SMILES string of the molecule is N=C1NC(c2cc(NC=O)ccc2F)C[S+]([O-])C12CCCC2. The molecule has 1 aliphatic heterocycles. The van der Waals surface area contributed by atoms with Crippen molar-refractivity contribution in [1.29, 1.82) is 5.41 Å². The number of carbonyl (C=O) groups excluding carboxylic acids is 1. The highest BCUT2D eigenvalue weighted by atomic mass is 32.2. The van der Waals surface area contributed by atoms with Crippen LogP contribution >= 0.6 is 0 Å². The number of anilines is 1. The van der Waals surface area contributed by atoms with Crippen LogP contribution in [0.25, 0.3) is 0 Å². The van der Waals surface area contributed by atoms with Gasteiger partial charge in [0.25, 0.3) is 0 Å². The summed E-state index contributed by atoms with van der Waals surface area (Å²) in [6.07, 6.45) is 4.00. The third-order valence-electron chi connectivity index (χ3n) is 4.54. The minimum Gasteiger partial charge on any atom is -0.616 e. The van der Waals surface area contributed by atoms with E-state index in [0.717, 1.165) is 25.7 Å². The van der Waals surface area contributed by atoms with Gasteiger partial charge in [-0.3, -0.25) is 10.2 Å². The standard InChI is InChI=1S/C15H18FN3O2S/c16-12-4-3-10(18-9-20)7-11(12)13-8-22(21)15(14(17)19-13)5-1-2-6-15/h3-4,7,9,13H,1-2,5-6,8H2,(H2,17,19)(H,18,20). The van der Waals surface area contributed by atoms with Crippen molar-refractivity contribution in [3.63, 3.8) is 0 Å². The third-order valence-corrected chi connectivity index (χ3v) is 6.66. The average Bonchev–Trinajstić information content (AvgIpc) is 2.98. The van der Waals surface area contributed by atoms with Crippen LogP contribution in [0.2, 0.25) is 0 Å². The Morgan fingerprint density at radius 3 is 2.82 bits per heavy atom. The van der Waals surface area contributed by atoms with E-state index >= 15 is 0 Å². The number of rotatable bonds is 3. The van der Waals surface area contributed by atoms with Crippen molar-refractivity contribution in [2.45, 2.75) is 36.5 Å². The Labute approximate surface area is 131 Å². The molecule has 2 fully saturated rings. The summed E-state index contributed by atoms with van der Waals surface area (Å²) in [6, 6.07) is 3.76. The monoisotopic (exact) mass is 323 g/mol. The molecule has 1 saturated carbocycles. The van der Waals surface area contributed by atoms with Gasteiger partial charge in [0.1, 0.15) is 17.6 Å². The summed E-state index contributed by atoms with van der Waals surface area (Å²) in [5, 5.41) is 13.8. The van der Waals surface area contributed by atoms with E-state index < -0.39 is 27.8 Å². The van der Waals surface area contributed by atoms with Gasteiger partial charge in [-0.15, -0.1) is 0 Å². The molecule has 118 valence electrons. The molecule has 7 heteroatoms. The van der Waals surface area contributed by atoms with Gasteiger partial charge in [0, 0.05) is 24.1 Å². The molecule has 2 unspecified atom stereocenters. The van der Waals surface area contributed by atoms with Crippen LogP contribution in [0.4, 0.5) is 10.1 Å². The summed E-state index contributed by atoms with van der Waals surface area (Å²) in [5.41, 5.74) is 0.810. The maximum Gasteiger partial charge on any atom is 0.211 e. The highest BCUT2D eigenvalue weighted by molar-refractivity contribution is 7.93. The van der Waals surface area contributed by atoms with Gasteiger partial charge in [-0.25, -0.2) is 4.39 Å². The van der Waals surface area contributed by atoms with E-state index in [4.69, 9.17) is 5.41 Å². The van der Waals surface area contributed by atoms with E-state index in [1.165, 1.54) is 18.2 Å². The van der Waals surface area contributed by atoms with Gasteiger partial charge in [-0.1, -0.05) is 0 Å². The van der Waals surface area contributed by atoms with Gasteiger partial charge in [0.15, 0.2) is 10.6 Å². The van der Waals surface area contributed by atoms with E-state index in [0.29, 0.717) is 17.7 Å². The van der Waals surface area contributed by atoms with Gasteiger partial charge in [-0.05, 0) is 42.2 Å². The number of nitrogens with one attached hydrogen (secondary N) is 3. The van der Waals surface area contributed by atoms with Crippen LogP contribution in [0.3, 0.4) is 0 Å². The zero-order valence-electron chi connectivity index (χ0n) is 12.0. The average molecular weight is 323 g/mol. The Morgan fingerprint density at radius 2 is 2.18 bits per heavy atom. The molecule has 3 N–H and O–H groups in total. The highest BCUT2D eigenvalue weighted by Crippen LogP contribution is 2.42. The smallest absolute Gasteiger partial charge is 0.211 e. The van der Waals surface area contributed by atoms with Gasteiger partial charge in [-0.2, -0.15) is 0 Å². The van der Waals surface area contributed by atoms with E-state index in [2.05, 4.69) is 10.6 Å². The molecule has 1 aromatic rings. The van der Waals surface area contributed by atoms with Gasteiger partial charge < -0.3 is 15.2 Å². The molecule has 1 saturated heterocycles. The summed E-state index contributed by atoms with van der Waals surface area (Å²) in [6.45, 7) is 0. The maximum absolute atomic E-state index is 14.1. The van der Waals surface area contributed by atoms with Crippen LogP contribution in [0.15, 0.2) is 18.2 Å². The van der Waals surface area contributed by atoms with Gasteiger partial charge in [0.2, 0.25) is 6.41 Å². The summed E-state index contributed by atoms with van der Waals surface area (Å²) >= 11 is -1.20. The second-order valence-electron chi connectivity index (χ2n) is 5.78. The van der Waals surface area contributed by atoms with Crippen LogP contribution in [0.1, 0.15) is 37.3 Å². The molecular weight excluding hydrogens is 305 g/mol. The first kappa shape index (κ1) is 15.3. The Balaban J connectivity index is 1.86. The number of hydrogen-bond donors (Lipinski definition) is 3. The molecule has 1 aliphatic carbocycles. The zero-order chi connectivity index (χ0) is 15.7. The van der Waals surface area contributed by atoms with Crippen LogP contribution in [0, 0.1) is 11.2 Å². The van der Waals surface area contributed by atoms with Crippen LogP contribution in [-0.2, 0) is 16.0 Å². The van der Waals surface area contributed by atoms with Crippen LogP contribution in [-0.4, -0.2) is 27.3 Å². The lowest BCUT2D eigenvalue weighted by Gasteiger charge is -2.40. The molecule has 1 heterocycles. The zero-order valence-corrected chi connectivity index (χ0v) is 12.8. The molecule has 1 aromatic carbocycles. The number of carbonyl (C=O) groups is 1. The van der Waals surface area contributed by atoms with E-state index in [9.17, 15) is 13.7 Å². The molecular formula is C15H18FN3O2S. The first-order valence-electron chi connectivity index (χ1n) is 7.30. The molecule has 0 aromatic heterocycles. The summed E-state index contributed by atoms with van der Waals surface area (Å²) < 4.78 is 26.2. The quantitative estimate of drug-likeness (QED) is 0.588. The van der Waals surface area contributed by atoms with Gasteiger partial charge >= 0.3 is 0 Å². The fourth-order valence-electron chi connectivity index (χ4n) is 3.33. The minimum absolute atomic E-state index is 0.257. The molecule has 0 radical (unpaired) electrons. The fraction of sp³-hybridized carbons (Fsp3) is 0.467. The summed E-state index contributed by atoms with van der Waals surface area (Å²) in [5.74, 6) is 0.109. The second kappa shape index (κ2) is 5.89. The molecule has 5 nitrogen and oxygen atoms in total. The van der Waals surface area contributed by atoms with Crippen molar-refractivity contribution in [3.8, 4) is 0 Å². The third kappa shape index (κ3) is 2.48. The Kier molecular flexibility index (Phi) is 4.10. The molecule has 3 rings (SSSR count). The van der Waals surface area contributed by atoms with Gasteiger partial charge in [0.05, 0.1) is 0 Å².